The Labute approximate surface area is 153 Å². The van der Waals surface area contributed by atoms with E-state index in [1.807, 2.05) is 56.3 Å². The summed E-state index contributed by atoms with van der Waals surface area (Å²) in [6.07, 6.45) is 1.61. The highest BCUT2D eigenvalue weighted by Gasteiger charge is 2.10. The lowest BCUT2D eigenvalue weighted by atomic mass is 10.1. The fourth-order valence-electron chi connectivity index (χ4n) is 2.57. The number of hydrogen-bond donors (Lipinski definition) is 2. The molecule has 0 saturated carbocycles. The van der Waals surface area contributed by atoms with Gasteiger partial charge in [-0.1, -0.05) is 12.1 Å². The molecule has 0 unspecified atom stereocenters. The third-order valence-corrected chi connectivity index (χ3v) is 3.69. The van der Waals surface area contributed by atoms with Crippen LogP contribution in [0.3, 0.4) is 0 Å². The van der Waals surface area contributed by atoms with E-state index in [1.165, 1.54) is 6.33 Å². The molecule has 0 aliphatic carbocycles. The smallest absolute Gasteiger partial charge is 0.141 e. The van der Waals surface area contributed by atoms with E-state index in [4.69, 9.17) is 15.2 Å². The van der Waals surface area contributed by atoms with Gasteiger partial charge >= 0.3 is 0 Å². The first-order valence-corrected chi connectivity index (χ1v) is 8.35. The Morgan fingerprint density at radius 1 is 1.00 bits per heavy atom. The van der Waals surface area contributed by atoms with Gasteiger partial charge < -0.3 is 20.5 Å². The fourth-order valence-corrected chi connectivity index (χ4v) is 2.57. The van der Waals surface area contributed by atoms with Crippen LogP contribution in [0.15, 0.2) is 54.9 Å². The van der Waals surface area contributed by atoms with Crippen molar-refractivity contribution in [3.8, 4) is 22.8 Å². The number of nitrogens with zero attached hydrogens (tertiary/aromatic N) is 2. The lowest BCUT2D eigenvalue weighted by Gasteiger charge is -2.14. The number of rotatable bonds is 6. The maximum atomic E-state index is 5.96. The second-order valence-electron chi connectivity index (χ2n) is 6.03. The lowest BCUT2D eigenvalue weighted by Crippen LogP contribution is -2.06. The second kappa shape index (κ2) is 7.74. The predicted molar refractivity (Wildman–Crippen MR) is 104 cm³/mol. The van der Waals surface area contributed by atoms with Gasteiger partial charge in [-0.25, -0.2) is 9.97 Å². The van der Waals surface area contributed by atoms with Crippen LogP contribution in [-0.4, -0.2) is 23.2 Å². The van der Waals surface area contributed by atoms with Gasteiger partial charge in [-0.3, -0.25) is 0 Å². The Bertz CT molecular complexity index is 896. The van der Waals surface area contributed by atoms with Crippen LogP contribution in [-0.2, 0) is 0 Å². The number of benzene rings is 2. The molecule has 1 heterocycles. The van der Waals surface area contributed by atoms with E-state index in [2.05, 4.69) is 15.3 Å². The monoisotopic (exact) mass is 350 g/mol. The standard InChI is InChI=1S/C20H22N4O2/c1-13(2)26-18-7-5-4-6-15(18)17-11-20(23-12-22-17)24-14-8-9-19(25-3)16(21)10-14/h4-13H,21H2,1-3H3,(H,22,23,24). The van der Waals surface area contributed by atoms with Crippen molar-refractivity contribution in [2.45, 2.75) is 20.0 Å². The van der Waals surface area contributed by atoms with Crippen LogP contribution in [0.5, 0.6) is 11.5 Å². The van der Waals surface area contributed by atoms with Crippen LogP contribution in [0.1, 0.15) is 13.8 Å². The number of anilines is 3. The summed E-state index contributed by atoms with van der Waals surface area (Å²) < 4.78 is 11.1. The van der Waals surface area contributed by atoms with Gasteiger partial charge in [0.1, 0.15) is 23.6 Å². The summed E-state index contributed by atoms with van der Waals surface area (Å²) in [7, 11) is 1.59. The molecule has 6 nitrogen and oxygen atoms in total. The molecule has 6 heteroatoms. The molecule has 3 aromatic rings. The Morgan fingerprint density at radius 2 is 1.81 bits per heavy atom. The van der Waals surface area contributed by atoms with Gasteiger partial charge in [0.05, 0.1) is 24.6 Å². The molecule has 0 spiro atoms. The van der Waals surface area contributed by atoms with Crippen molar-refractivity contribution in [2.75, 3.05) is 18.2 Å². The van der Waals surface area contributed by atoms with E-state index in [1.54, 1.807) is 13.2 Å². The van der Waals surface area contributed by atoms with E-state index >= 15 is 0 Å². The molecule has 0 aliphatic heterocycles. The third-order valence-electron chi connectivity index (χ3n) is 3.69. The zero-order valence-electron chi connectivity index (χ0n) is 15.1. The molecule has 3 rings (SSSR count). The van der Waals surface area contributed by atoms with Crippen LogP contribution < -0.4 is 20.5 Å². The second-order valence-corrected chi connectivity index (χ2v) is 6.03. The Morgan fingerprint density at radius 3 is 2.54 bits per heavy atom. The molecular weight excluding hydrogens is 328 g/mol. The molecule has 0 fully saturated rings. The topological polar surface area (TPSA) is 82.3 Å². The van der Waals surface area contributed by atoms with Gasteiger partial charge in [0.25, 0.3) is 0 Å². The minimum atomic E-state index is 0.0813. The number of para-hydroxylation sites is 1. The van der Waals surface area contributed by atoms with Crippen LogP contribution in [0, 0.1) is 0 Å². The molecule has 26 heavy (non-hydrogen) atoms. The minimum absolute atomic E-state index is 0.0813. The molecule has 0 bridgehead atoms. The molecule has 0 amide bonds. The maximum absolute atomic E-state index is 5.96. The van der Waals surface area contributed by atoms with Gasteiger partial charge in [0.2, 0.25) is 0 Å². The van der Waals surface area contributed by atoms with E-state index in [0.29, 0.717) is 17.3 Å². The highest BCUT2D eigenvalue weighted by atomic mass is 16.5. The van der Waals surface area contributed by atoms with Crippen LogP contribution in [0.4, 0.5) is 17.2 Å². The number of nitrogens with two attached hydrogens (primary N) is 1. The molecule has 0 radical (unpaired) electrons. The number of ether oxygens (including phenoxy) is 2. The minimum Gasteiger partial charge on any atom is -0.495 e. The Hall–Kier alpha value is -3.28. The number of nitrogens with one attached hydrogen (secondary N) is 1. The van der Waals surface area contributed by atoms with Gasteiger partial charge in [-0.05, 0) is 44.2 Å². The van der Waals surface area contributed by atoms with Gasteiger partial charge in [-0.15, -0.1) is 0 Å². The summed E-state index contributed by atoms with van der Waals surface area (Å²) in [5, 5.41) is 3.24. The average Bonchev–Trinajstić information content (AvgIpc) is 2.62. The molecule has 2 aromatic carbocycles. The van der Waals surface area contributed by atoms with Crippen LogP contribution in [0.2, 0.25) is 0 Å². The highest BCUT2D eigenvalue weighted by Crippen LogP contribution is 2.31. The van der Waals surface area contributed by atoms with E-state index in [-0.39, 0.29) is 6.10 Å². The van der Waals surface area contributed by atoms with Crippen molar-refractivity contribution in [1.29, 1.82) is 0 Å². The van der Waals surface area contributed by atoms with Crippen molar-refractivity contribution in [2.24, 2.45) is 0 Å². The van der Waals surface area contributed by atoms with Crippen molar-refractivity contribution >= 4 is 17.2 Å². The zero-order chi connectivity index (χ0) is 18.5. The zero-order valence-corrected chi connectivity index (χ0v) is 15.1. The van der Waals surface area contributed by atoms with Crippen LogP contribution in [0.25, 0.3) is 11.3 Å². The van der Waals surface area contributed by atoms with Crippen molar-refractivity contribution in [1.82, 2.24) is 9.97 Å². The molecule has 1 aromatic heterocycles. The summed E-state index contributed by atoms with van der Waals surface area (Å²) in [5.74, 6) is 2.10. The average molecular weight is 350 g/mol. The molecule has 0 aliphatic rings. The summed E-state index contributed by atoms with van der Waals surface area (Å²) in [6.45, 7) is 4.00. The van der Waals surface area contributed by atoms with E-state index in [9.17, 15) is 0 Å². The highest BCUT2D eigenvalue weighted by molar-refractivity contribution is 5.71. The van der Waals surface area contributed by atoms with Gasteiger partial charge in [-0.2, -0.15) is 0 Å². The lowest BCUT2D eigenvalue weighted by molar-refractivity contribution is 0.243. The van der Waals surface area contributed by atoms with Gasteiger partial charge in [0.15, 0.2) is 0 Å². The maximum Gasteiger partial charge on any atom is 0.141 e. The predicted octanol–water partition coefficient (Wildman–Crippen LogP) is 4.27. The summed E-state index contributed by atoms with van der Waals surface area (Å²) in [6, 6.07) is 15.2. The fraction of sp³-hybridized carbons (Fsp3) is 0.200. The first kappa shape index (κ1) is 17.5. The van der Waals surface area contributed by atoms with Crippen molar-refractivity contribution in [3.05, 3.63) is 54.9 Å². The normalized spacial score (nSPS) is 10.6. The Kier molecular flexibility index (Phi) is 5.22. The number of nitrogen functional groups attached to an aromatic ring is 1. The third kappa shape index (κ3) is 4.03. The van der Waals surface area contributed by atoms with Crippen molar-refractivity contribution in [3.63, 3.8) is 0 Å². The van der Waals surface area contributed by atoms with Crippen LogP contribution >= 0.6 is 0 Å². The molecule has 0 atom stereocenters. The summed E-state index contributed by atoms with van der Waals surface area (Å²) >= 11 is 0. The summed E-state index contributed by atoms with van der Waals surface area (Å²) in [5.41, 5.74) is 9.03. The number of methoxy groups -OCH3 is 1. The largest absolute Gasteiger partial charge is 0.495 e. The molecule has 134 valence electrons. The number of hydrogen-bond acceptors (Lipinski definition) is 6. The Balaban J connectivity index is 1.89. The summed E-state index contributed by atoms with van der Waals surface area (Å²) in [4.78, 5) is 8.68. The molecule has 3 N–H and O–H groups in total. The van der Waals surface area contributed by atoms with E-state index < -0.39 is 0 Å². The quantitative estimate of drug-likeness (QED) is 0.646. The first-order valence-electron chi connectivity index (χ1n) is 8.35. The first-order chi connectivity index (χ1) is 12.6. The van der Waals surface area contributed by atoms with E-state index in [0.717, 1.165) is 22.7 Å². The molecule has 0 saturated heterocycles. The molecular formula is C20H22N4O2. The van der Waals surface area contributed by atoms with Crippen molar-refractivity contribution < 1.29 is 9.47 Å². The van der Waals surface area contributed by atoms with Gasteiger partial charge in [0, 0.05) is 17.3 Å². The SMILES string of the molecule is COc1ccc(Nc2cc(-c3ccccc3OC(C)C)ncn2)cc1N. The number of aromatic nitrogens is 2.